The summed E-state index contributed by atoms with van der Waals surface area (Å²) in [7, 11) is -1.97. The summed E-state index contributed by atoms with van der Waals surface area (Å²) in [5.41, 5.74) is 0. The molecule has 0 aromatic rings. The molecule has 1 rings (SSSR count). The number of carbonyl (C=O) groups is 1. The van der Waals surface area contributed by atoms with Crippen molar-refractivity contribution in [2.75, 3.05) is 0 Å². The molecule has 2 N–H and O–H groups in total. The van der Waals surface area contributed by atoms with Crippen molar-refractivity contribution in [2.45, 2.75) is 103 Å². The Bertz CT molecular complexity index is 455. The van der Waals surface area contributed by atoms with Gasteiger partial charge in [-0.15, -0.1) is 0 Å². The summed E-state index contributed by atoms with van der Waals surface area (Å²) in [4.78, 5) is 11.1. The van der Waals surface area contributed by atoms with Crippen molar-refractivity contribution in [3.8, 4) is 0 Å². The van der Waals surface area contributed by atoms with Gasteiger partial charge in [0, 0.05) is 18.3 Å². The highest BCUT2D eigenvalue weighted by Gasteiger charge is 2.46. The van der Waals surface area contributed by atoms with E-state index in [2.05, 4.69) is 40.8 Å². The fraction of sp³-hybridized carbons (Fsp3) is 0.857. The molecule has 0 aliphatic heterocycles. The maximum absolute atomic E-state index is 11.1. The quantitative estimate of drug-likeness (QED) is 0.252. The first-order valence-electron chi connectivity index (χ1n) is 10.2. The first-order valence-corrected chi connectivity index (χ1v) is 13.1. The van der Waals surface area contributed by atoms with Gasteiger partial charge in [0.2, 0.25) is 0 Å². The highest BCUT2D eigenvalue weighted by atomic mass is 28.4. The largest absolute Gasteiger partial charge is 0.413 e. The summed E-state index contributed by atoms with van der Waals surface area (Å²) in [6.45, 7) is 13.2. The fourth-order valence-electron chi connectivity index (χ4n) is 3.43. The molecular weight excluding hydrogens is 344 g/mol. The van der Waals surface area contributed by atoms with E-state index in [1.54, 1.807) is 0 Å². The first-order chi connectivity index (χ1) is 12.0. The van der Waals surface area contributed by atoms with Crippen LogP contribution in [0.2, 0.25) is 18.1 Å². The summed E-state index contributed by atoms with van der Waals surface area (Å²) < 4.78 is 6.58. The molecule has 152 valence electrons. The highest BCUT2D eigenvalue weighted by molar-refractivity contribution is 6.74. The predicted molar refractivity (Wildman–Crippen MR) is 110 cm³/mol. The summed E-state index contributed by atoms with van der Waals surface area (Å²) >= 11 is 0. The second-order valence-electron chi connectivity index (χ2n) is 9.31. The zero-order valence-corrected chi connectivity index (χ0v) is 18.6. The molecule has 0 saturated heterocycles. The molecule has 5 heteroatoms. The molecule has 1 aliphatic rings. The topological polar surface area (TPSA) is 66.8 Å². The van der Waals surface area contributed by atoms with Gasteiger partial charge in [0.05, 0.1) is 18.3 Å². The van der Waals surface area contributed by atoms with Gasteiger partial charge in [0.15, 0.2) is 8.32 Å². The number of aldehydes is 1. The summed E-state index contributed by atoms with van der Waals surface area (Å²) in [5.74, 6) is -0.147. The fourth-order valence-corrected chi connectivity index (χ4v) is 4.80. The van der Waals surface area contributed by atoms with Crippen LogP contribution in [-0.4, -0.2) is 43.1 Å². The molecule has 0 radical (unpaired) electrons. The van der Waals surface area contributed by atoms with Crippen LogP contribution in [0.15, 0.2) is 12.2 Å². The van der Waals surface area contributed by atoms with Crippen LogP contribution in [0.1, 0.15) is 66.2 Å². The average Bonchev–Trinajstić information content (AvgIpc) is 2.79. The second-order valence-corrected chi connectivity index (χ2v) is 14.1. The van der Waals surface area contributed by atoms with Gasteiger partial charge < -0.3 is 19.4 Å². The minimum absolute atomic E-state index is 0.0230. The third kappa shape index (κ3) is 6.59. The molecule has 1 aliphatic carbocycles. The molecule has 0 spiro atoms. The molecular formula is C21H40O4Si. The van der Waals surface area contributed by atoms with E-state index in [9.17, 15) is 15.0 Å². The number of unbranched alkanes of at least 4 members (excludes halogenated alkanes) is 2. The van der Waals surface area contributed by atoms with E-state index in [0.717, 1.165) is 32.0 Å². The maximum atomic E-state index is 11.1. The van der Waals surface area contributed by atoms with Crippen LogP contribution >= 0.6 is 0 Å². The lowest BCUT2D eigenvalue weighted by Gasteiger charge is -2.39. The van der Waals surface area contributed by atoms with E-state index in [4.69, 9.17) is 4.43 Å². The van der Waals surface area contributed by atoms with Crippen LogP contribution in [0, 0.1) is 11.8 Å². The Kier molecular flexibility index (Phi) is 9.20. The Balaban J connectivity index is 2.89. The zero-order valence-electron chi connectivity index (χ0n) is 17.6. The molecule has 0 amide bonds. The Morgan fingerprint density at radius 1 is 1.27 bits per heavy atom. The summed E-state index contributed by atoms with van der Waals surface area (Å²) in [6, 6.07) is 0. The van der Waals surface area contributed by atoms with Gasteiger partial charge in [-0.25, -0.2) is 0 Å². The molecule has 0 aromatic heterocycles. The van der Waals surface area contributed by atoms with Gasteiger partial charge in [-0.3, -0.25) is 0 Å². The van der Waals surface area contributed by atoms with Gasteiger partial charge >= 0.3 is 0 Å². The van der Waals surface area contributed by atoms with Gasteiger partial charge in [-0.1, -0.05) is 59.1 Å². The van der Waals surface area contributed by atoms with Crippen molar-refractivity contribution >= 4 is 14.6 Å². The lowest BCUT2D eigenvalue weighted by Crippen LogP contribution is -2.45. The van der Waals surface area contributed by atoms with Crippen molar-refractivity contribution in [3.63, 3.8) is 0 Å². The van der Waals surface area contributed by atoms with Gasteiger partial charge in [0.1, 0.15) is 6.29 Å². The lowest BCUT2D eigenvalue weighted by atomic mass is 9.90. The Labute approximate surface area is 161 Å². The molecule has 26 heavy (non-hydrogen) atoms. The zero-order chi connectivity index (χ0) is 20.0. The monoisotopic (exact) mass is 384 g/mol. The van der Waals surface area contributed by atoms with Crippen LogP contribution in [0.25, 0.3) is 0 Å². The van der Waals surface area contributed by atoms with E-state index in [-0.39, 0.29) is 23.0 Å². The van der Waals surface area contributed by atoms with E-state index in [1.807, 2.05) is 12.2 Å². The number of rotatable bonds is 10. The minimum atomic E-state index is -1.97. The number of hydrogen-bond acceptors (Lipinski definition) is 4. The molecule has 0 bridgehead atoms. The maximum Gasteiger partial charge on any atom is 0.192 e. The van der Waals surface area contributed by atoms with Crippen LogP contribution < -0.4 is 0 Å². The van der Waals surface area contributed by atoms with Crippen LogP contribution in [0.4, 0.5) is 0 Å². The van der Waals surface area contributed by atoms with Gasteiger partial charge in [-0.05, 0) is 31.0 Å². The Morgan fingerprint density at radius 3 is 2.46 bits per heavy atom. The SMILES string of the molecule is CCCCC[C@H](O)C=C[C@@H]1[C@@H](CC=O)[C@@H](O)C[C@H]1O[Si](C)(C)C(C)(C)C. The smallest absolute Gasteiger partial charge is 0.192 e. The first kappa shape index (κ1) is 23.5. The highest BCUT2D eigenvalue weighted by Crippen LogP contribution is 2.43. The van der Waals surface area contributed by atoms with E-state index in [1.165, 1.54) is 0 Å². The van der Waals surface area contributed by atoms with Crippen molar-refractivity contribution in [2.24, 2.45) is 11.8 Å². The van der Waals surface area contributed by atoms with Gasteiger partial charge in [0.25, 0.3) is 0 Å². The standard InChI is InChI=1S/C21H40O4Si/c1-7-8-9-10-16(23)11-12-18-17(13-14-22)19(24)15-20(18)25-26(5,6)21(2,3)4/h11-12,14,16-20,23-24H,7-10,13,15H2,1-6H3/t16-,17+,18+,19-,20+/m0/s1. The number of aliphatic hydroxyl groups is 2. The van der Waals surface area contributed by atoms with Gasteiger partial charge in [-0.2, -0.15) is 0 Å². The van der Waals surface area contributed by atoms with Crippen molar-refractivity contribution in [3.05, 3.63) is 12.2 Å². The molecule has 1 saturated carbocycles. The predicted octanol–water partition coefficient (Wildman–Crippen LogP) is 4.46. The van der Waals surface area contributed by atoms with Crippen LogP contribution in [-0.2, 0) is 9.22 Å². The number of hydrogen-bond donors (Lipinski definition) is 2. The normalized spacial score (nSPS) is 28.6. The Morgan fingerprint density at radius 2 is 1.92 bits per heavy atom. The number of aliphatic hydroxyl groups excluding tert-OH is 2. The molecule has 0 aromatic carbocycles. The van der Waals surface area contributed by atoms with E-state index < -0.39 is 20.5 Å². The van der Waals surface area contributed by atoms with Crippen LogP contribution in [0.3, 0.4) is 0 Å². The third-order valence-corrected chi connectivity index (χ3v) is 10.7. The molecule has 0 unspecified atom stereocenters. The summed E-state index contributed by atoms with van der Waals surface area (Å²) in [6.07, 6.45) is 8.57. The van der Waals surface area contributed by atoms with Crippen molar-refractivity contribution in [1.82, 2.24) is 0 Å². The lowest BCUT2D eigenvalue weighted by molar-refractivity contribution is -0.109. The van der Waals surface area contributed by atoms with E-state index >= 15 is 0 Å². The second kappa shape index (κ2) is 10.2. The van der Waals surface area contributed by atoms with E-state index in [0.29, 0.717) is 12.8 Å². The van der Waals surface area contributed by atoms with Crippen molar-refractivity contribution < 1.29 is 19.4 Å². The molecule has 4 nitrogen and oxygen atoms in total. The summed E-state index contributed by atoms with van der Waals surface area (Å²) in [5, 5.41) is 20.8. The average molecular weight is 385 g/mol. The molecule has 5 atom stereocenters. The molecule has 1 fully saturated rings. The van der Waals surface area contributed by atoms with Crippen LogP contribution in [0.5, 0.6) is 0 Å². The molecule has 0 heterocycles. The minimum Gasteiger partial charge on any atom is -0.413 e. The number of carbonyl (C=O) groups excluding carboxylic acids is 1. The van der Waals surface area contributed by atoms with Crippen molar-refractivity contribution in [1.29, 1.82) is 0 Å². The third-order valence-electron chi connectivity index (χ3n) is 6.17. The Hall–Kier alpha value is -0.493.